The van der Waals surface area contributed by atoms with Crippen molar-refractivity contribution in [3.63, 3.8) is 0 Å². The van der Waals surface area contributed by atoms with Gasteiger partial charge < -0.3 is 14.7 Å². The molecule has 0 amide bonds. The lowest BCUT2D eigenvalue weighted by Gasteiger charge is -2.45. The van der Waals surface area contributed by atoms with Crippen LogP contribution in [-0.2, 0) is 0 Å². The van der Waals surface area contributed by atoms with Crippen LogP contribution in [0.4, 0.5) is 5.69 Å². The number of fused-ring (bicyclic) bond motifs is 2. The minimum absolute atomic E-state index is 0.194. The number of aliphatic hydroxyl groups excluding tert-OH is 1. The summed E-state index contributed by atoms with van der Waals surface area (Å²) >= 11 is 0. The predicted molar refractivity (Wildman–Crippen MR) is 103 cm³/mol. The Morgan fingerprint density at radius 1 is 1.00 bits per heavy atom. The van der Waals surface area contributed by atoms with Crippen LogP contribution in [0.5, 0.6) is 11.5 Å². The molecule has 1 saturated heterocycles. The Kier molecular flexibility index (Phi) is 4.66. The molecule has 5 nitrogen and oxygen atoms in total. The van der Waals surface area contributed by atoms with E-state index in [2.05, 4.69) is 29.7 Å². The molecular weight excluding hydrogens is 326 g/mol. The van der Waals surface area contributed by atoms with Crippen molar-refractivity contribution < 1.29 is 9.84 Å². The van der Waals surface area contributed by atoms with E-state index in [4.69, 9.17) is 9.73 Å². The lowest BCUT2D eigenvalue weighted by Crippen LogP contribution is -2.58. The number of β-amino-alcohol motifs (C(OH)–C–C–N with tert-alkyl or cyclic N) is 1. The molecule has 1 N–H and O–H groups in total. The third kappa shape index (κ3) is 3.08. The lowest BCUT2D eigenvalue weighted by atomic mass is 10.1. The summed E-state index contributed by atoms with van der Waals surface area (Å²) in [4.78, 5) is 9.71. The molecular formula is C21H25N3O2. The van der Waals surface area contributed by atoms with Gasteiger partial charge in [0.25, 0.3) is 0 Å². The number of aliphatic imine (C=N–C) groups is 1. The summed E-state index contributed by atoms with van der Waals surface area (Å²) in [6.45, 7) is 7.09. The summed E-state index contributed by atoms with van der Waals surface area (Å²) in [6.07, 6.45) is 0. The Morgan fingerprint density at radius 2 is 1.65 bits per heavy atom. The van der Waals surface area contributed by atoms with E-state index >= 15 is 0 Å². The van der Waals surface area contributed by atoms with Gasteiger partial charge in [-0.2, -0.15) is 0 Å². The highest BCUT2D eigenvalue weighted by Crippen LogP contribution is 2.38. The molecule has 5 heteroatoms. The van der Waals surface area contributed by atoms with Crippen LogP contribution in [-0.4, -0.2) is 59.1 Å². The van der Waals surface area contributed by atoms with Crippen LogP contribution in [0, 0.1) is 0 Å². The molecule has 2 heterocycles. The lowest BCUT2D eigenvalue weighted by molar-refractivity contribution is 0.0553. The van der Waals surface area contributed by atoms with E-state index in [0.29, 0.717) is 18.6 Å². The van der Waals surface area contributed by atoms with Gasteiger partial charge in [0.15, 0.2) is 5.75 Å². The molecule has 26 heavy (non-hydrogen) atoms. The summed E-state index contributed by atoms with van der Waals surface area (Å²) < 4.78 is 6.15. The maximum absolute atomic E-state index is 9.35. The zero-order chi connectivity index (χ0) is 18.1. The highest BCUT2D eigenvalue weighted by molar-refractivity contribution is 6.03. The van der Waals surface area contributed by atoms with E-state index in [9.17, 15) is 5.11 Å². The number of hydrogen-bond acceptors (Lipinski definition) is 5. The molecule has 0 bridgehead atoms. The molecule has 0 radical (unpaired) electrons. The Morgan fingerprint density at radius 3 is 2.38 bits per heavy atom. The van der Waals surface area contributed by atoms with Gasteiger partial charge in [0, 0.05) is 31.7 Å². The molecule has 0 aliphatic carbocycles. The third-order valence-electron chi connectivity index (χ3n) is 5.20. The fraction of sp³-hybridized carbons (Fsp3) is 0.381. The van der Waals surface area contributed by atoms with Gasteiger partial charge in [-0.15, -0.1) is 0 Å². The first-order valence-corrected chi connectivity index (χ1v) is 9.24. The Bertz CT molecular complexity index is 808. The topological polar surface area (TPSA) is 48.3 Å². The molecule has 2 aromatic carbocycles. The standard InChI is InChI=1S/C21H25N3O2/c1-15-13-23(14-16(2)24(15)11-12-25)21-17-7-3-5-9-19(17)26-20-10-6-4-8-18(20)22-21/h3-10,15-16,25H,11-14H2,1-2H3/t15-,16+. The molecule has 0 unspecified atom stereocenters. The van der Waals surface area contributed by atoms with Crippen LogP contribution in [0.25, 0.3) is 0 Å². The second kappa shape index (κ2) is 7.09. The van der Waals surface area contributed by atoms with E-state index in [-0.39, 0.29) is 6.61 Å². The first-order chi connectivity index (χ1) is 12.7. The quantitative estimate of drug-likeness (QED) is 0.902. The number of benzene rings is 2. The van der Waals surface area contributed by atoms with Crippen LogP contribution in [0.2, 0.25) is 0 Å². The van der Waals surface area contributed by atoms with Gasteiger partial charge in [-0.3, -0.25) is 4.90 Å². The van der Waals surface area contributed by atoms with Crippen LogP contribution < -0.4 is 4.74 Å². The number of piperazine rings is 1. The van der Waals surface area contributed by atoms with Crippen molar-refractivity contribution in [2.24, 2.45) is 4.99 Å². The molecule has 2 atom stereocenters. The highest BCUT2D eigenvalue weighted by Gasteiger charge is 2.32. The zero-order valence-electron chi connectivity index (χ0n) is 15.3. The van der Waals surface area contributed by atoms with Crippen molar-refractivity contribution in [1.29, 1.82) is 0 Å². The molecule has 136 valence electrons. The van der Waals surface area contributed by atoms with Crippen molar-refractivity contribution in [2.45, 2.75) is 25.9 Å². The summed E-state index contributed by atoms with van der Waals surface area (Å²) in [5.74, 6) is 2.59. The van der Waals surface area contributed by atoms with Crippen LogP contribution in [0.1, 0.15) is 19.4 Å². The van der Waals surface area contributed by atoms with Crippen molar-refractivity contribution in [1.82, 2.24) is 9.80 Å². The maximum atomic E-state index is 9.35. The number of nitrogens with zero attached hydrogens (tertiary/aromatic N) is 3. The van der Waals surface area contributed by atoms with Crippen molar-refractivity contribution in [3.8, 4) is 11.5 Å². The summed E-state index contributed by atoms with van der Waals surface area (Å²) in [5, 5.41) is 9.35. The molecule has 2 aliphatic heterocycles. The highest BCUT2D eigenvalue weighted by atomic mass is 16.5. The fourth-order valence-corrected chi connectivity index (χ4v) is 4.00. The maximum Gasteiger partial charge on any atom is 0.153 e. The fourth-order valence-electron chi connectivity index (χ4n) is 4.00. The summed E-state index contributed by atoms with van der Waals surface area (Å²) in [7, 11) is 0. The van der Waals surface area contributed by atoms with Crippen LogP contribution >= 0.6 is 0 Å². The summed E-state index contributed by atoms with van der Waals surface area (Å²) in [5.41, 5.74) is 1.88. The predicted octanol–water partition coefficient (Wildman–Crippen LogP) is 3.26. The first-order valence-electron chi connectivity index (χ1n) is 9.24. The third-order valence-corrected chi connectivity index (χ3v) is 5.20. The molecule has 0 saturated carbocycles. The Balaban J connectivity index is 1.74. The van der Waals surface area contributed by atoms with Gasteiger partial charge in [0.2, 0.25) is 0 Å². The second-order valence-electron chi connectivity index (χ2n) is 7.07. The Labute approximate surface area is 154 Å². The van der Waals surface area contributed by atoms with E-state index < -0.39 is 0 Å². The van der Waals surface area contributed by atoms with Crippen molar-refractivity contribution >= 4 is 11.5 Å². The number of rotatable bonds is 2. The first kappa shape index (κ1) is 17.1. The smallest absolute Gasteiger partial charge is 0.153 e. The van der Waals surface area contributed by atoms with E-state index in [1.807, 2.05) is 42.5 Å². The van der Waals surface area contributed by atoms with Crippen LogP contribution in [0.15, 0.2) is 53.5 Å². The summed E-state index contributed by atoms with van der Waals surface area (Å²) in [6, 6.07) is 16.7. The van der Waals surface area contributed by atoms with E-state index in [1.54, 1.807) is 0 Å². The minimum Gasteiger partial charge on any atom is -0.454 e. The number of hydrogen-bond donors (Lipinski definition) is 1. The largest absolute Gasteiger partial charge is 0.454 e. The van der Waals surface area contributed by atoms with Gasteiger partial charge in [-0.1, -0.05) is 24.3 Å². The van der Waals surface area contributed by atoms with Gasteiger partial charge in [0.05, 0.1) is 12.2 Å². The number of para-hydroxylation sites is 3. The minimum atomic E-state index is 0.194. The molecule has 2 aliphatic rings. The monoisotopic (exact) mass is 351 g/mol. The molecule has 2 aromatic rings. The molecule has 0 aromatic heterocycles. The van der Waals surface area contributed by atoms with Gasteiger partial charge >= 0.3 is 0 Å². The van der Waals surface area contributed by atoms with Crippen molar-refractivity contribution in [2.75, 3.05) is 26.2 Å². The molecule has 0 spiro atoms. The van der Waals surface area contributed by atoms with Gasteiger partial charge in [-0.25, -0.2) is 4.99 Å². The SMILES string of the molecule is C[C@@H]1CN(C2=Nc3ccccc3Oc3ccccc32)C[C@H](C)N1CCO. The van der Waals surface area contributed by atoms with E-state index in [0.717, 1.165) is 41.7 Å². The number of amidine groups is 1. The van der Waals surface area contributed by atoms with Gasteiger partial charge in [-0.05, 0) is 38.1 Å². The normalized spacial score (nSPS) is 22.7. The van der Waals surface area contributed by atoms with Crippen LogP contribution in [0.3, 0.4) is 0 Å². The average molecular weight is 351 g/mol. The number of ether oxygens (including phenoxy) is 1. The number of aliphatic hydroxyl groups is 1. The molecule has 1 fully saturated rings. The average Bonchev–Trinajstić information content (AvgIpc) is 2.81. The van der Waals surface area contributed by atoms with Gasteiger partial charge in [0.1, 0.15) is 17.3 Å². The van der Waals surface area contributed by atoms with E-state index in [1.165, 1.54) is 0 Å². The van der Waals surface area contributed by atoms with Crippen molar-refractivity contribution in [3.05, 3.63) is 54.1 Å². The second-order valence-corrected chi connectivity index (χ2v) is 7.07. The molecule has 4 rings (SSSR count). The Hall–Kier alpha value is -2.37. The zero-order valence-corrected chi connectivity index (χ0v) is 15.3.